The highest BCUT2D eigenvalue weighted by Crippen LogP contribution is 2.30. The second kappa shape index (κ2) is 9.94. The van der Waals surface area contributed by atoms with Gasteiger partial charge in [-0.15, -0.1) is 0 Å². The quantitative estimate of drug-likeness (QED) is 0.692. The predicted molar refractivity (Wildman–Crippen MR) is 127 cm³/mol. The van der Waals surface area contributed by atoms with E-state index in [4.69, 9.17) is 19.4 Å². The topological polar surface area (TPSA) is 109 Å². The summed E-state index contributed by atoms with van der Waals surface area (Å²) in [5.74, 6) is 1.70. The summed E-state index contributed by atoms with van der Waals surface area (Å²) >= 11 is 0. The fourth-order valence-corrected chi connectivity index (χ4v) is 4.39. The van der Waals surface area contributed by atoms with Crippen LogP contribution in [0.1, 0.15) is 24.6 Å². The number of hydrogen-bond acceptors (Lipinski definition) is 7. The molecular weight excluding hydrogens is 436 g/mol. The summed E-state index contributed by atoms with van der Waals surface area (Å²) in [5.41, 5.74) is 3.58. The second-order valence-electron chi connectivity index (χ2n) is 8.72. The van der Waals surface area contributed by atoms with Crippen molar-refractivity contribution in [3.63, 3.8) is 0 Å². The van der Waals surface area contributed by atoms with E-state index in [1.54, 1.807) is 0 Å². The molecule has 4 heterocycles. The fraction of sp³-hybridized carbons (Fsp3) is 0.500. The average molecular weight is 467 g/mol. The van der Waals surface area contributed by atoms with Gasteiger partial charge in [-0.3, -0.25) is 4.79 Å². The molecule has 1 aromatic carbocycles. The standard InChI is InChI=1S/C24H30N6O4/c1-2-21(31)30-8-7-19-20(13-30)27-22(28-23(19)29-9-11-33-12-10-29)16-3-5-17(6-4-16)25-24(32)26-18-14-34-15-18/h3-6,18H,2,7-15H2,1H3,(H2,25,26,32). The number of nitrogens with zero attached hydrogens (tertiary/aromatic N) is 4. The number of amides is 3. The number of morpholine rings is 1. The Balaban J connectivity index is 1.40. The van der Waals surface area contributed by atoms with E-state index in [2.05, 4.69) is 15.5 Å². The van der Waals surface area contributed by atoms with Crippen LogP contribution >= 0.6 is 0 Å². The van der Waals surface area contributed by atoms with Crippen molar-refractivity contribution in [1.29, 1.82) is 0 Å². The Morgan fingerprint density at radius 3 is 2.50 bits per heavy atom. The maximum atomic E-state index is 12.3. The lowest BCUT2D eigenvalue weighted by molar-refractivity contribution is -0.131. The van der Waals surface area contributed by atoms with E-state index in [1.807, 2.05) is 36.1 Å². The molecule has 3 aliphatic heterocycles. The largest absolute Gasteiger partial charge is 0.378 e. The minimum absolute atomic E-state index is 0.0703. The average Bonchev–Trinajstić information content (AvgIpc) is 2.85. The first kappa shape index (κ1) is 22.5. The molecule has 3 amide bonds. The normalized spacial score (nSPS) is 18.1. The molecule has 0 bridgehead atoms. The molecule has 10 nitrogen and oxygen atoms in total. The summed E-state index contributed by atoms with van der Waals surface area (Å²) in [5, 5.41) is 5.70. The molecule has 2 N–H and O–H groups in total. The van der Waals surface area contributed by atoms with Crippen LogP contribution in [0.2, 0.25) is 0 Å². The Kier molecular flexibility index (Phi) is 6.59. The molecule has 2 aromatic rings. The Morgan fingerprint density at radius 2 is 1.82 bits per heavy atom. The second-order valence-corrected chi connectivity index (χ2v) is 8.72. The van der Waals surface area contributed by atoms with Gasteiger partial charge in [-0.05, 0) is 30.7 Å². The van der Waals surface area contributed by atoms with Gasteiger partial charge in [0.2, 0.25) is 5.91 Å². The number of carbonyl (C=O) groups excluding carboxylic acids is 2. The minimum Gasteiger partial charge on any atom is -0.378 e. The SMILES string of the molecule is CCC(=O)N1CCc2c(nc(-c3ccc(NC(=O)NC4COC4)cc3)nc2N2CCOCC2)C1. The number of hydrogen-bond donors (Lipinski definition) is 2. The Morgan fingerprint density at radius 1 is 1.06 bits per heavy atom. The van der Waals surface area contributed by atoms with Crippen molar-refractivity contribution >= 4 is 23.4 Å². The van der Waals surface area contributed by atoms with Crippen LogP contribution in [0.25, 0.3) is 11.4 Å². The highest BCUT2D eigenvalue weighted by Gasteiger charge is 2.28. The molecule has 0 spiro atoms. The highest BCUT2D eigenvalue weighted by molar-refractivity contribution is 5.89. The number of anilines is 2. The monoisotopic (exact) mass is 466 g/mol. The number of rotatable bonds is 5. The first-order valence-corrected chi connectivity index (χ1v) is 11.9. The number of fused-ring (bicyclic) bond motifs is 1. The lowest BCUT2D eigenvalue weighted by atomic mass is 10.0. The molecule has 34 heavy (non-hydrogen) atoms. The molecule has 180 valence electrons. The van der Waals surface area contributed by atoms with Gasteiger partial charge in [-0.1, -0.05) is 6.92 Å². The molecule has 0 aliphatic carbocycles. The van der Waals surface area contributed by atoms with Crippen molar-refractivity contribution in [3.8, 4) is 11.4 Å². The van der Waals surface area contributed by atoms with Crippen LogP contribution in [0.15, 0.2) is 24.3 Å². The van der Waals surface area contributed by atoms with Crippen LogP contribution in [0.3, 0.4) is 0 Å². The number of benzene rings is 1. The molecule has 2 saturated heterocycles. The van der Waals surface area contributed by atoms with Crippen LogP contribution in [0, 0.1) is 0 Å². The molecule has 10 heteroatoms. The van der Waals surface area contributed by atoms with Gasteiger partial charge in [0.1, 0.15) is 5.82 Å². The number of ether oxygens (including phenoxy) is 2. The van der Waals surface area contributed by atoms with Crippen molar-refractivity contribution in [3.05, 3.63) is 35.5 Å². The van der Waals surface area contributed by atoms with Gasteiger partial charge in [-0.25, -0.2) is 14.8 Å². The fourth-order valence-electron chi connectivity index (χ4n) is 4.39. The lowest BCUT2D eigenvalue weighted by Gasteiger charge is -2.34. The van der Waals surface area contributed by atoms with E-state index in [0.717, 1.165) is 42.1 Å². The molecule has 0 saturated carbocycles. The summed E-state index contributed by atoms with van der Waals surface area (Å²) in [6, 6.07) is 7.32. The molecule has 2 fully saturated rings. The van der Waals surface area contributed by atoms with Gasteiger partial charge in [0.05, 0.1) is 44.7 Å². The molecular formula is C24H30N6O4. The summed E-state index contributed by atoms with van der Waals surface area (Å²) in [4.78, 5) is 38.4. The molecule has 0 radical (unpaired) electrons. The molecule has 3 aliphatic rings. The molecule has 0 atom stereocenters. The first-order chi connectivity index (χ1) is 16.6. The summed E-state index contributed by atoms with van der Waals surface area (Å²) in [6.07, 6.45) is 1.23. The predicted octanol–water partition coefficient (Wildman–Crippen LogP) is 1.80. The highest BCUT2D eigenvalue weighted by atomic mass is 16.5. The molecule has 1 aromatic heterocycles. The van der Waals surface area contributed by atoms with Crippen LogP contribution in [0.4, 0.5) is 16.3 Å². The Hall–Kier alpha value is -3.24. The first-order valence-electron chi connectivity index (χ1n) is 11.9. The van der Waals surface area contributed by atoms with Crippen molar-refractivity contribution < 1.29 is 19.1 Å². The summed E-state index contributed by atoms with van der Waals surface area (Å²) in [7, 11) is 0. The Bertz CT molecular complexity index is 1050. The van der Waals surface area contributed by atoms with E-state index in [9.17, 15) is 9.59 Å². The zero-order valence-electron chi connectivity index (χ0n) is 19.4. The smallest absolute Gasteiger partial charge is 0.319 e. The van der Waals surface area contributed by atoms with E-state index in [0.29, 0.717) is 57.4 Å². The third-order valence-corrected chi connectivity index (χ3v) is 6.38. The van der Waals surface area contributed by atoms with E-state index in [-0.39, 0.29) is 18.0 Å². The van der Waals surface area contributed by atoms with Crippen LogP contribution in [-0.4, -0.2) is 78.9 Å². The zero-order chi connectivity index (χ0) is 23.5. The van der Waals surface area contributed by atoms with Crippen molar-refractivity contribution in [2.45, 2.75) is 32.4 Å². The van der Waals surface area contributed by atoms with Crippen LogP contribution in [-0.2, 0) is 27.2 Å². The molecule has 5 rings (SSSR count). The van der Waals surface area contributed by atoms with E-state index in [1.165, 1.54) is 0 Å². The summed E-state index contributed by atoms with van der Waals surface area (Å²) in [6.45, 7) is 7.08. The van der Waals surface area contributed by atoms with Gasteiger partial charge in [0.25, 0.3) is 0 Å². The summed E-state index contributed by atoms with van der Waals surface area (Å²) < 4.78 is 10.6. The third-order valence-electron chi connectivity index (χ3n) is 6.38. The van der Waals surface area contributed by atoms with E-state index < -0.39 is 0 Å². The van der Waals surface area contributed by atoms with Crippen LogP contribution in [0.5, 0.6) is 0 Å². The van der Waals surface area contributed by atoms with Crippen molar-refractivity contribution in [1.82, 2.24) is 20.2 Å². The maximum Gasteiger partial charge on any atom is 0.319 e. The minimum atomic E-state index is -0.249. The number of urea groups is 1. The van der Waals surface area contributed by atoms with Gasteiger partial charge >= 0.3 is 6.03 Å². The number of aromatic nitrogens is 2. The van der Waals surface area contributed by atoms with Crippen molar-refractivity contribution in [2.24, 2.45) is 0 Å². The Labute approximate surface area is 198 Å². The van der Waals surface area contributed by atoms with E-state index >= 15 is 0 Å². The lowest BCUT2D eigenvalue weighted by Crippen LogP contribution is -2.49. The van der Waals surface area contributed by atoms with Gasteiger partial charge < -0.3 is 29.9 Å². The third kappa shape index (κ3) is 4.83. The van der Waals surface area contributed by atoms with Gasteiger partial charge in [-0.2, -0.15) is 0 Å². The van der Waals surface area contributed by atoms with Crippen molar-refractivity contribution in [2.75, 3.05) is 56.3 Å². The number of carbonyl (C=O) groups is 2. The van der Waals surface area contributed by atoms with Gasteiger partial charge in [0.15, 0.2) is 5.82 Å². The van der Waals surface area contributed by atoms with Gasteiger partial charge in [0, 0.05) is 42.9 Å². The molecule has 0 unspecified atom stereocenters. The number of nitrogens with one attached hydrogen (secondary N) is 2. The van der Waals surface area contributed by atoms with Crippen LogP contribution < -0.4 is 15.5 Å². The zero-order valence-corrected chi connectivity index (χ0v) is 19.4. The maximum absolute atomic E-state index is 12.3.